The average molecular weight is 260 g/mol. The van der Waals surface area contributed by atoms with Crippen molar-refractivity contribution in [2.45, 2.75) is 31.8 Å². The summed E-state index contributed by atoms with van der Waals surface area (Å²) >= 11 is 0. The zero-order chi connectivity index (χ0) is 13.1. The number of nitrogens with zero attached hydrogens (tertiary/aromatic N) is 1. The first-order valence-electron chi connectivity index (χ1n) is 7.44. The van der Waals surface area contributed by atoms with Gasteiger partial charge in [0.25, 0.3) is 0 Å². The van der Waals surface area contributed by atoms with Crippen LogP contribution >= 0.6 is 0 Å². The van der Waals surface area contributed by atoms with Gasteiger partial charge < -0.3 is 10.1 Å². The molecule has 1 saturated heterocycles. The minimum Gasteiger partial charge on any atom is -0.378 e. The van der Waals surface area contributed by atoms with Crippen molar-refractivity contribution >= 4 is 0 Å². The van der Waals surface area contributed by atoms with E-state index >= 15 is 0 Å². The Hall–Kier alpha value is -0.900. The minimum atomic E-state index is 0.506. The molecule has 3 rings (SSSR count). The fourth-order valence-corrected chi connectivity index (χ4v) is 3.28. The Balaban J connectivity index is 1.69. The molecular formula is C16H24N2O. The number of rotatable bonds is 4. The summed E-state index contributed by atoms with van der Waals surface area (Å²) in [6, 6.07) is 7.59. The van der Waals surface area contributed by atoms with E-state index in [9.17, 15) is 0 Å². The van der Waals surface area contributed by atoms with E-state index in [1.54, 1.807) is 11.1 Å². The summed E-state index contributed by atoms with van der Waals surface area (Å²) in [5, 5.41) is 3.27. The molecule has 1 aliphatic heterocycles. The van der Waals surface area contributed by atoms with Gasteiger partial charge in [-0.3, -0.25) is 4.90 Å². The van der Waals surface area contributed by atoms with Crippen LogP contribution in [-0.2, 0) is 24.1 Å². The summed E-state index contributed by atoms with van der Waals surface area (Å²) in [5.41, 5.74) is 4.61. The van der Waals surface area contributed by atoms with Gasteiger partial charge in [0.2, 0.25) is 0 Å². The number of morpholine rings is 1. The zero-order valence-electron chi connectivity index (χ0n) is 11.8. The second-order valence-electron chi connectivity index (χ2n) is 5.71. The van der Waals surface area contributed by atoms with Gasteiger partial charge in [-0.2, -0.15) is 0 Å². The van der Waals surface area contributed by atoms with E-state index in [0.29, 0.717) is 6.04 Å². The van der Waals surface area contributed by atoms with Crippen LogP contribution < -0.4 is 5.32 Å². The molecule has 1 unspecified atom stereocenters. The van der Waals surface area contributed by atoms with Crippen LogP contribution in [0.2, 0.25) is 0 Å². The fourth-order valence-electron chi connectivity index (χ4n) is 3.28. The van der Waals surface area contributed by atoms with Gasteiger partial charge in [0.05, 0.1) is 13.2 Å². The Morgan fingerprint density at radius 1 is 1.32 bits per heavy atom. The van der Waals surface area contributed by atoms with Crippen molar-refractivity contribution in [2.24, 2.45) is 0 Å². The predicted octanol–water partition coefficient (Wildman–Crippen LogP) is 1.60. The maximum absolute atomic E-state index is 5.59. The number of fused-ring (bicyclic) bond motifs is 1. The molecule has 1 aromatic carbocycles. The van der Waals surface area contributed by atoms with Gasteiger partial charge in [-0.05, 0) is 43.0 Å². The SMILES string of the molecule is CNCC1COCCN1Cc1ccc2c(c1)CCC2. The quantitative estimate of drug-likeness (QED) is 0.890. The highest BCUT2D eigenvalue weighted by molar-refractivity contribution is 5.35. The Bertz CT molecular complexity index is 431. The molecule has 1 atom stereocenters. The lowest BCUT2D eigenvalue weighted by Crippen LogP contribution is -2.49. The number of hydrogen-bond acceptors (Lipinski definition) is 3. The summed E-state index contributed by atoms with van der Waals surface area (Å²) in [6.07, 6.45) is 3.88. The molecule has 0 spiro atoms. The van der Waals surface area contributed by atoms with Crippen molar-refractivity contribution in [3.63, 3.8) is 0 Å². The van der Waals surface area contributed by atoms with Crippen LogP contribution in [0.15, 0.2) is 18.2 Å². The monoisotopic (exact) mass is 260 g/mol. The van der Waals surface area contributed by atoms with E-state index in [1.165, 1.54) is 24.8 Å². The normalized spacial score (nSPS) is 23.5. The molecule has 3 heteroatoms. The number of aryl methyl sites for hydroxylation is 2. The van der Waals surface area contributed by atoms with E-state index in [4.69, 9.17) is 4.74 Å². The van der Waals surface area contributed by atoms with Gasteiger partial charge in [-0.15, -0.1) is 0 Å². The van der Waals surface area contributed by atoms with Gasteiger partial charge in [0.15, 0.2) is 0 Å². The van der Waals surface area contributed by atoms with Crippen LogP contribution in [0.4, 0.5) is 0 Å². The third kappa shape index (κ3) is 2.99. The lowest BCUT2D eigenvalue weighted by molar-refractivity contribution is -0.0103. The second-order valence-corrected chi connectivity index (χ2v) is 5.71. The predicted molar refractivity (Wildman–Crippen MR) is 77.4 cm³/mol. The zero-order valence-corrected chi connectivity index (χ0v) is 11.8. The number of nitrogens with one attached hydrogen (secondary N) is 1. The molecule has 0 aromatic heterocycles. The standard InChI is InChI=1S/C16H24N2O/c1-17-10-16-12-19-8-7-18(16)11-13-5-6-14-3-2-4-15(14)9-13/h5-6,9,16-17H,2-4,7-8,10-12H2,1H3. The van der Waals surface area contributed by atoms with Gasteiger partial charge >= 0.3 is 0 Å². The molecule has 0 radical (unpaired) electrons. The molecule has 104 valence electrons. The first-order valence-corrected chi connectivity index (χ1v) is 7.44. The van der Waals surface area contributed by atoms with Crippen molar-refractivity contribution in [2.75, 3.05) is 33.4 Å². The summed E-state index contributed by atoms with van der Waals surface area (Å²) < 4.78 is 5.59. The molecule has 1 aliphatic carbocycles. The third-order valence-electron chi connectivity index (χ3n) is 4.34. The number of hydrogen-bond donors (Lipinski definition) is 1. The van der Waals surface area contributed by atoms with Crippen LogP contribution in [-0.4, -0.2) is 44.3 Å². The molecule has 3 nitrogen and oxygen atoms in total. The average Bonchev–Trinajstić information content (AvgIpc) is 2.89. The maximum atomic E-state index is 5.59. The summed E-state index contributed by atoms with van der Waals surface area (Å²) in [6.45, 7) is 4.83. The Kier molecular flexibility index (Phi) is 4.16. The highest BCUT2D eigenvalue weighted by Crippen LogP contribution is 2.24. The Morgan fingerprint density at radius 2 is 2.21 bits per heavy atom. The number of ether oxygens (including phenoxy) is 1. The molecule has 0 saturated carbocycles. The van der Waals surface area contributed by atoms with Gasteiger partial charge in [-0.25, -0.2) is 0 Å². The van der Waals surface area contributed by atoms with E-state index in [0.717, 1.165) is 32.8 Å². The van der Waals surface area contributed by atoms with Crippen LogP contribution in [0.5, 0.6) is 0 Å². The van der Waals surface area contributed by atoms with Crippen LogP contribution in [0.25, 0.3) is 0 Å². The molecule has 1 fully saturated rings. The molecule has 2 aliphatic rings. The molecule has 19 heavy (non-hydrogen) atoms. The van der Waals surface area contributed by atoms with Crippen LogP contribution in [0.3, 0.4) is 0 Å². The highest BCUT2D eigenvalue weighted by Gasteiger charge is 2.22. The summed E-state index contributed by atoms with van der Waals surface area (Å²) in [4.78, 5) is 2.55. The van der Waals surface area contributed by atoms with E-state index in [-0.39, 0.29) is 0 Å². The van der Waals surface area contributed by atoms with Gasteiger partial charge in [-0.1, -0.05) is 18.2 Å². The molecular weight excluding hydrogens is 236 g/mol. The molecule has 0 bridgehead atoms. The first-order chi connectivity index (χ1) is 9.36. The third-order valence-corrected chi connectivity index (χ3v) is 4.34. The van der Waals surface area contributed by atoms with E-state index in [2.05, 4.69) is 28.4 Å². The first kappa shape index (κ1) is 13.1. The molecule has 1 N–H and O–H groups in total. The Labute approximate surface area is 115 Å². The smallest absolute Gasteiger partial charge is 0.0635 e. The summed E-state index contributed by atoms with van der Waals surface area (Å²) in [5.74, 6) is 0. The summed E-state index contributed by atoms with van der Waals surface area (Å²) in [7, 11) is 2.02. The van der Waals surface area contributed by atoms with Gasteiger partial charge in [0, 0.05) is 25.7 Å². The van der Waals surface area contributed by atoms with Crippen molar-refractivity contribution in [3.8, 4) is 0 Å². The Morgan fingerprint density at radius 3 is 3.11 bits per heavy atom. The van der Waals surface area contributed by atoms with Crippen molar-refractivity contribution in [1.82, 2.24) is 10.2 Å². The topological polar surface area (TPSA) is 24.5 Å². The van der Waals surface area contributed by atoms with Gasteiger partial charge in [0.1, 0.15) is 0 Å². The van der Waals surface area contributed by atoms with Crippen molar-refractivity contribution in [1.29, 1.82) is 0 Å². The lowest BCUT2D eigenvalue weighted by atomic mass is 10.1. The van der Waals surface area contributed by atoms with Crippen LogP contribution in [0, 0.1) is 0 Å². The molecule has 1 aromatic rings. The number of benzene rings is 1. The fraction of sp³-hybridized carbons (Fsp3) is 0.625. The van der Waals surface area contributed by atoms with Crippen molar-refractivity contribution < 1.29 is 4.74 Å². The van der Waals surface area contributed by atoms with E-state index in [1.807, 2.05) is 7.05 Å². The maximum Gasteiger partial charge on any atom is 0.0635 e. The highest BCUT2D eigenvalue weighted by atomic mass is 16.5. The molecule has 0 amide bonds. The van der Waals surface area contributed by atoms with E-state index < -0.39 is 0 Å². The second kappa shape index (κ2) is 6.04. The largest absolute Gasteiger partial charge is 0.378 e. The van der Waals surface area contributed by atoms with Crippen molar-refractivity contribution in [3.05, 3.63) is 34.9 Å². The number of likely N-dealkylation sites (N-methyl/N-ethyl adjacent to an activating group) is 1. The molecule has 1 heterocycles. The van der Waals surface area contributed by atoms with Crippen LogP contribution in [0.1, 0.15) is 23.1 Å². The lowest BCUT2D eigenvalue weighted by Gasteiger charge is -2.35. The minimum absolute atomic E-state index is 0.506.